The summed E-state index contributed by atoms with van der Waals surface area (Å²) < 4.78 is 4.67. The van der Waals surface area contributed by atoms with Crippen molar-refractivity contribution in [1.29, 1.82) is 0 Å². The monoisotopic (exact) mass is 165 g/mol. The van der Waals surface area contributed by atoms with Gasteiger partial charge in [-0.25, -0.2) is 0 Å². The molecule has 0 aliphatic carbocycles. The molecule has 0 atom stereocenters. The molecule has 0 rings (SSSR count). The van der Waals surface area contributed by atoms with Gasteiger partial charge in [-0.3, -0.25) is 4.79 Å². The number of alkyl halides is 1. The maximum atomic E-state index is 10.4. The van der Waals surface area contributed by atoms with Crippen LogP contribution in [0.2, 0.25) is 0 Å². The normalized spacial score (nSPS) is 9.40. The largest absolute Gasteiger partial charge is 0.465 e. The SMILES string of the molecule is NCC(=O)OCCCCCl. The van der Waals surface area contributed by atoms with E-state index in [9.17, 15) is 4.79 Å². The molecule has 0 heterocycles. The standard InChI is InChI=1S/C6H12ClNO2/c7-3-1-2-4-10-6(9)5-8/h1-5,8H2. The minimum atomic E-state index is -0.352. The predicted octanol–water partition coefficient (Wildman–Crippen LogP) is 0.507. The van der Waals surface area contributed by atoms with Gasteiger partial charge in [-0.1, -0.05) is 0 Å². The van der Waals surface area contributed by atoms with Crippen LogP contribution in [0.5, 0.6) is 0 Å². The maximum absolute atomic E-state index is 10.4. The average molecular weight is 166 g/mol. The zero-order valence-electron chi connectivity index (χ0n) is 5.81. The molecule has 0 aromatic rings. The van der Waals surface area contributed by atoms with Crippen LogP contribution in [0.25, 0.3) is 0 Å². The second kappa shape index (κ2) is 6.83. The molecule has 0 aliphatic heterocycles. The number of esters is 1. The lowest BCUT2D eigenvalue weighted by molar-refractivity contribution is -0.141. The van der Waals surface area contributed by atoms with E-state index in [4.69, 9.17) is 17.3 Å². The fourth-order valence-electron chi connectivity index (χ4n) is 0.441. The van der Waals surface area contributed by atoms with E-state index in [1.54, 1.807) is 0 Å². The average Bonchev–Trinajstić information content (AvgIpc) is 1.98. The van der Waals surface area contributed by atoms with E-state index in [1.165, 1.54) is 0 Å². The Balaban J connectivity index is 2.96. The van der Waals surface area contributed by atoms with Gasteiger partial charge in [-0.2, -0.15) is 0 Å². The molecule has 0 aromatic heterocycles. The summed E-state index contributed by atoms with van der Waals surface area (Å²) in [7, 11) is 0. The van der Waals surface area contributed by atoms with E-state index in [-0.39, 0.29) is 12.5 Å². The molecule has 0 aromatic carbocycles. The van der Waals surface area contributed by atoms with Gasteiger partial charge in [0, 0.05) is 5.88 Å². The molecular weight excluding hydrogens is 154 g/mol. The number of nitrogens with two attached hydrogens (primary N) is 1. The van der Waals surface area contributed by atoms with E-state index >= 15 is 0 Å². The van der Waals surface area contributed by atoms with Crippen molar-refractivity contribution in [3.05, 3.63) is 0 Å². The zero-order chi connectivity index (χ0) is 7.82. The first-order valence-electron chi connectivity index (χ1n) is 3.23. The highest BCUT2D eigenvalue weighted by Crippen LogP contribution is 1.91. The number of carbonyl (C=O) groups is 1. The minimum absolute atomic E-state index is 0.0408. The molecule has 0 amide bonds. The summed E-state index contributed by atoms with van der Waals surface area (Å²) in [6.07, 6.45) is 1.69. The molecule has 0 saturated carbocycles. The summed E-state index contributed by atoms with van der Waals surface area (Å²) in [4.78, 5) is 10.4. The van der Waals surface area contributed by atoms with Crippen molar-refractivity contribution in [2.24, 2.45) is 5.73 Å². The Hall–Kier alpha value is -0.280. The topological polar surface area (TPSA) is 52.3 Å². The molecule has 0 fully saturated rings. The third kappa shape index (κ3) is 5.85. The molecule has 0 saturated heterocycles. The summed E-state index contributed by atoms with van der Waals surface area (Å²) in [6, 6.07) is 0. The van der Waals surface area contributed by atoms with Gasteiger partial charge in [-0.15, -0.1) is 11.6 Å². The summed E-state index contributed by atoms with van der Waals surface area (Å²) in [5, 5.41) is 0. The van der Waals surface area contributed by atoms with E-state index in [2.05, 4.69) is 4.74 Å². The highest BCUT2D eigenvalue weighted by Gasteiger charge is 1.95. The smallest absolute Gasteiger partial charge is 0.319 e. The molecule has 60 valence electrons. The second-order valence-corrected chi connectivity index (χ2v) is 2.20. The van der Waals surface area contributed by atoms with Crippen LogP contribution < -0.4 is 5.73 Å². The molecule has 0 unspecified atom stereocenters. The first-order chi connectivity index (χ1) is 4.81. The summed E-state index contributed by atoms with van der Waals surface area (Å²) >= 11 is 5.39. The molecule has 3 nitrogen and oxygen atoms in total. The Morgan fingerprint density at radius 2 is 2.20 bits per heavy atom. The van der Waals surface area contributed by atoms with Gasteiger partial charge in [0.05, 0.1) is 13.2 Å². The van der Waals surface area contributed by atoms with Crippen LogP contribution in [-0.2, 0) is 9.53 Å². The molecule has 4 heteroatoms. The van der Waals surface area contributed by atoms with Gasteiger partial charge in [0.1, 0.15) is 0 Å². The molecule has 2 N–H and O–H groups in total. The van der Waals surface area contributed by atoms with E-state index < -0.39 is 0 Å². The number of carbonyl (C=O) groups excluding carboxylic acids is 1. The number of hydrogen-bond donors (Lipinski definition) is 1. The fraction of sp³-hybridized carbons (Fsp3) is 0.833. The first-order valence-corrected chi connectivity index (χ1v) is 3.76. The van der Waals surface area contributed by atoms with Crippen molar-refractivity contribution in [3.63, 3.8) is 0 Å². The maximum Gasteiger partial charge on any atom is 0.319 e. The van der Waals surface area contributed by atoms with Gasteiger partial charge in [0.25, 0.3) is 0 Å². The first kappa shape index (κ1) is 9.72. The van der Waals surface area contributed by atoms with Gasteiger partial charge in [-0.05, 0) is 12.8 Å². The quantitative estimate of drug-likeness (QED) is 0.367. The predicted molar refractivity (Wildman–Crippen MR) is 40.0 cm³/mol. The molecule has 10 heavy (non-hydrogen) atoms. The van der Waals surface area contributed by atoms with E-state index in [0.29, 0.717) is 12.5 Å². The van der Waals surface area contributed by atoms with Gasteiger partial charge < -0.3 is 10.5 Å². The van der Waals surface area contributed by atoms with Crippen molar-refractivity contribution < 1.29 is 9.53 Å². The lowest BCUT2D eigenvalue weighted by Gasteiger charge is -2.00. The molecule has 0 spiro atoms. The highest BCUT2D eigenvalue weighted by molar-refractivity contribution is 6.17. The number of hydrogen-bond acceptors (Lipinski definition) is 3. The van der Waals surface area contributed by atoms with Crippen molar-refractivity contribution >= 4 is 17.6 Å². The molecule has 0 aliphatic rings. The molecular formula is C6H12ClNO2. The van der Waals surface area contributed by atoms with Crippen LogP contribution in [-0.4, -0.2) is 25.0 Å². The van der Waals surface area contributed by atoms with Crippen LogP contribution in [0.4, 0.5) is 0 Å². The van der Waals surface area contributed by atoms with Crippen molar-refractivity contribution in [2.45, 2.75) is 12.8 Å². The second-order valence-electron chi connectivity index (χ2n) is 1.82. The van der Waals surface area contributed by atoms with Crippen molar-refractivity contribution in [2.75, 3.05) is 19.0 Å². The van der Waals surface area contributed by atoms with Gasteiger partial charge in [0.2, 0.25) is 0 Å². The summed E-state index contributed by atoms with van der Waals surface area (Å²) in [5.41, 5.74) is 4.99. The Morgan fingerprint density at radius 3 is 2.70 bits per heavy atom. The Kier molecular flexibility index (Phi) is 6.64. The van der Waals surface area contributed by atoms with Crippen LogP contribution in [0.3, 0.4) is 0 Å². The van der Waals surface area contributed by atoms with Crippen LogP contribution in [0.15, 0.2) is 0 Å². The Morgan fingerprint density at radius 1 is 1.50 bits per heavy atom. The number of rotatable bonds is 5. The van der Waals surface area contributed by atoms with Gasteiger partial charge in [0.15, 0.2) is 0 Å². The molecule has 0 radical (unpaired) electrons. The van der Waals surface area contributed by atoms with Gasteiger partial charge >= 0.3 is 5.97 Å². The third-order valence-electron chi connectivity index (χ3n) is 0.958. The summed E-state index contributed by atoms with van der Waals surface area (Å²) in [5.74, 6) is 0.259. The van der Waals surface area contributed by atoms with E-state index in [0.717, 1.165) is 12.8 Å². The van der Waals surface area contributed by atoms with Crippen LogP contribution >= 0.6 is 11.6 Å². The number of ether oxygens (including phenoxy) is 1. The van der Waals surface area contributed by atoms with Crippen LogP contribution in [0, 0.1) is 0 Å². The fourth-order valence-corrected chi connectivity index (χ4v) is 0.630. The van der Waals surface area contributed by atoms with Crippen LogP contribution in [0.1, 0.15) is 12.8 Å². The van der Waals surface area contributed by atoms with Crippen molar-refractivity contribution in [3.8, 4) is 0 Å². The number of unbranched alkanes of at least 4 members (excludes halogenated alkanes) is 1. The lowest BCUT2D eigenvalue weighted by Crippen LogP contribution is -2.17. The zero-order valence-corrected chi connectivity index (χ0v) is 6.56. The molecule has 0 bridgehead atoms. The highest BCUT2D eigenvalue weighted by atomic mass is 35.5. The minimum Gasteiger partial charge on any atom is -0.465 e. The lowest BCUT2D eigenvalue weighted by atomic mass is 10.4. The summed E-state index contributed by atoms with van der Waals surface area (Å²) in [6.45, 7) is 0.392. The van der Waals surface area contributed by atoms with E-state index in [1.807, 2.05) is 0 Å². The Bertz CT molecular complexity index is 97.7. The Labute approximate surface area is 65.5 Å². The third-order valence-corrected chi connectivity index (χ3v) is 1.22. The number of halogens is 1. The van der Waals surface area contributed by atoms with Crippen molar-refractivity contribution in [1.82, 2.24) is 0 Å².